The molecule has 0 amide bonds. The predicted octanol–water partition coefficient (Wildman–Crippen LogP) is 3.22. The third-order valence-corrected chi connectivity index (χ3v) is 5.89. The summed E-state index contributed by atoms with van der Waals surface area (Å²) in [7, 11) is -4.45. The highest BCUT2D eigenvalue weighted by molar-refractivity contribution is 7.89. The molecule has 2 aromatic rings. The van der Waals surface area contributed by atoms with Crippen molar-refractivity contribution >= 4 is 10.0 Å². The molecule has 0 aliphatic carbocycles. The Kier molecular flexibility index (Phi) is 5.08. The third-order valence-electron chi connectivity index (χ3n) is 3.97. The first-order valence-electron chi connectivity index (χ1n) is 7.73. The Morgan fingerprint density at radius 3 is 2.44 bits per heavy atom. The van der Waals surface area contributed by atoms with Gasteiger partial charge in [-0.15, -0.1) is 0 Å². The molecule has 146 valence electrons. The maximum absolute atomic E-state index is 13.8. The summed E-state index contributed by atoms with van der Waals surface area (Å²) in [6, 6.07) is 4.17. The van der Waals surface area contributed by atoms with Gasteiger partial charge in [-0.2, -0.15) is 17.5 Å². The molecule has 1 fully saturated rings. The topological polar surface area (TPSA) is 59.5 Å². The van der Waals surface area contributed by atoms with Crippen molar-refractivity contribution in [3.8, 4) is 5.88 Å². The minimum atomic E-state index is -4.57. The Bertz CT molecular complexity index is 929. The van der Waals surface area contributed by atoms with Crippen LogP contribution in [0.4, 0.5) is 22.0 Å². The lowest BCUT2D eigenvalue weighted by Crippen LogP contribution is -2.32. The van der Waals surface area contributed by atoms with Gasteiger partial charge in [0.1, 0.15) is 17.7 Å². The van der Waals surface area contributed by atoms with E-state index in [1.54, 1.807) is 0 Å². The molecule has 0 unspecified atom stereocenters. The van der Waals surface area contributed by atoms with Gasteiger partial charge < -0.3 is 4.74 Å². The zero-order valence-corrected chi connectivity index (χ0v) is 14.4. The number of sulfonamides is 1. The van der Waals surface area contributed by atoms with Crippen LogP contribution in [0.15, 0.2) is 41.4 Å². The van der Waals surface area contributed by atoms with Crippen LogP contribution < -0.4 is 4.74 Å². The van der Waals surface area contributed by atoms with Crippen LogP contribution in [-0.2, 0) is 16.2 Å². The van der Waals surface area contributed by atoms with E-state index in [2.05, 4.69) is 4.98 Å². The molecule has 11 heteroatoms. The molecule has 2 heterocycles. The molecule has 1 atom stereocenters. The minimum Gasteiger partial charge on any atom is -0.473 e. The van der Waals surface area contributed by atoms with Crippen molar-refractivity contribution in [2.45, 2.75) is 23.6 Å². The van der Waals surface area contributed by atoms with Crippen LogP contribution in [0.25, 0.3) is 0 Å². The molecular formula is C16H13F5N2O3S. The monoisotopic (exact) mass is 408 g/mol. The van der Waals surface area contributed by atoms with Crippen LogP contribution in [0.2, 0.25) is 0 Å². The van der Waals surface area contributed by atoms with Crippen molar-refractivity contribution in [1.29, 1.82) is 0 Å². The highest BCUT2D eigenvalue weighted by atomic mass is 32.2. The molecule has 1 saturated heterocycles. The number of nitrogens with zero attached hydrogens (tertiary/aromatic N) is 2. The molecule has 0 radical (unpaired) electrons. The van der Waals surface area contributed by atoms with E-state index in [0.717, 1.165) is 34.8 Å². The van der Waals surface area contributed by atoms with Gasteiger partial charge in [-0.25, -0.2) is 22.2 Å². The van der Waals surface area contributed by atoms with Gasteiger partial charge in [0, 0.05) is 18.8 Å². The van der Waals surface area contributed by atoms with Crippen LogP contribution in [0.1, 0.15) is 12.0 Å². The molecule has 27 heavy (non-hydrogen) atoms. The summed E-state index contributed by atoms with van der Waals surface area (Å²) in [5.41, 5.74) is -0.955. The molecule has 3 rings (SSSR count). The Hall–Kier alpha value is -2.27. The summed E-state index contributed by atoms with van der Waals surface area (Å²) in [4.78, 5) is 2.61. The van der Waals surface area contributed by atoms with Gasteiger partial charge in [0.05, 0.1) is 12.1 Å². The van der Waals surface area contributed by atoms with E-state index in [1.807, 2.05) is 0 Å². The molecule has 1 aliphatic heterocycles. The number of halogens is 5. The fraction of sp³-hybridized carbons (Fsp3) is 0.312. The van der Waals surface area contributed by atoms with Gasteiger partial charge in [-0.1, -0.05) is 6.07 Å². The maximum Gasteiger partial charge on any atom is 0.416 e. The number of rotatable bonds is 4. The molecule has 5 nitrogen and oxygen atoms in total. The van der Waals surface area contributed by atoms with Crippen molar-refractivity contribution in [1.82, 2.24) is 9.29 Å². The highest BCUT2D eigenvalue weighted by Gasteiger charge is 2.37. The Morgan fingerprint density at radius 1 is 1.15 bits per heavy atom. The number of pyridine rings is 1. The maximum atomic E-state index is 13.8. The third kappa shape index (κ3) is 4.03. The second kappa shape index (κ2) is 7.04. The number of aromatic nitrogens is 1. The highest BCUT2D eigenvalue weighted by Crippen LogP contribution is 2.31. The summed E-state index contributed by atoms with van der Waals surface area (Å²) in [6.45, 7) is -0.367. The lowest BCUT2D eigenvalue weighted by atomic mass is 10.2. The SMILES string of the molecule is O=S(=O)(c1c(F)cccc1F)N1CC[C@H](Oc2cc(C(F)(F)F)ccn2)C1. The van der Waals surface area contributed by atoms with Crippen LogP contribution in [0.3, 0.4) is 0 Å². The van der Waals surface area contributed by atoms with Crippen molar-refractivity contribution in [3.63, 3.8) is 0 Å². The van der Waals surface area contributed by atoms with E-state index in [1.165, 1.54) is 0 Å². The van der Waals surface area contributed by atoms with Gasteiger partial charge in [0.2, 0.25) is 15.9 Å². The summed E-state index contributed by atoms with van der Waals surface area (Å²) in [6.07, 6.45) is -4.32. The van der Waals surface area contributed by atoms with E-state index in [4.69, 9.17) is 4.74 Å². The molecule has 0 bridgehead atoms. The van der Waals surface area contributed by atoms with Gasteiger partial charge >= 0.3 is 6.18 Å². The Balaban J connectivity index is 1.76. The lowest BCUT2D eigenvalue weighted by molar-refractivity contribution is -0.137. The number of hydrogen-bond acceptors (Lipinski definition) is 4. The van der Waals surface area contributed by atoms with Crippen molar-refractivity contribution in [2.75, 3.05) is 13.1 Å². The average Bonchev–Trinajstić information content (AvgIpc) is 3.03. The van der Waals surface area contributed by atoms with E-state index in [9.17, 15) is 30.4 Å². The van der Waals surface area contributed by atoms with E-state index < -0.39 is 44.4 Å². The first-order chi connectivity index (χ1) is 12.6. The minimum absolute atomic E-state index is 0.0975. The standard InChI is InChI=1S/C16H13F5N2O3S/c17-12-2-1-3-13(18)15(12)27(24,25)23-7-5-11(9-23)26-14-8-10(4-6-22-14)16(19,20)21/h1-4,6,8,11H,5,7,9H2/t11-/m0/s1. The lowest BCUT2D eigenvalue weighted by Gasteiger charge is -2.18. The van der Waals surface area contributed by atoms with Crippen molar-refractivity contribution < 1.29 is 35.1 Å². The summed E-state index contributed by atoms with van der Waals surface area (Å²) < 4.78 is 96.9. The fourth-order valence-electron chi connectivity index (χ4n) is 2.69. The zero-order valence-electron chi connectivity index (χ0n) is 13.6. The fourth-order valence-corrected chi connectivity index (χ4v) is 4.29. The van der Waals surface area contributed by atoms with Crippen LogP contribution in [0, 0.1) is 11.6 Å². The molecular weight excluding hydrogens is 395 g/mol. The molecule has 1 aromatic carbocycles. The van der Waals surface area contributed by atoms with E-state index in [0.29, 0.717) is 6.07 Å². The predicted molar refractivity (Wildman–Crippen MR) is 83.4 cm³/mol. The average molecular weight is 408 g/mol. The summed E-state index contributed by atoms with van der Waals surface area (Å²) >= 11 is 0. The second-order valence-corrected chi connectivity index (χ2v) is 7.70. The quantitative estimate of drug-likeness (QED) is 0.729. The van der Waals surface area contributed by atoms with Crippen LogP contribution in [-0.4, -0.2) is 36.9 Å². The van der Waals surface area contributed by atoms with Crippen molar-refractivity contribution in [2.24, 2.45) is 0 Å². The van der Waals surface area contributed by atoms with Gasteiger partial charge in [-0.3, -0.25) is 0 Å². The second-order valence-electron chi connectivity index (χ2n) is 5.82. The number of hydrogen-bond donors (Lipinski definition) is 0. The largest absolute Gasteiger partial charge is 0.473 e. The Labute approximate surface area is 151 Å². The van der Waals surface area contributed by atoms with E-state index in [-0.39, 0.29) is 25.4 Å². The first-order valence-corrected chi connectivity index (χ1v) is 9.17. The van der Waals surface area contributed by atoms with Gasteiger partial charge in [0.25, 0.3) is 0 Å². The smallest absolute Gasteiger partial charge is 0.416 e. The van der Waals surface area contributed by atoms with Gasteiger partial charge in [0.15, 0.2) is 4.90 Å². The Morgan fingerprint density at radius 2 is 1.81 bits per heavy atom. The summed E-state index contributed by atoms with van der Waals surface area (Å²) in [5, 5.41) is 0. The van der Waals surface area contributed by atoms with Crippen LogP contribution in [0.5, 0.6) is 5.88 Å². The van der Waals surface area contributed by atoms with Crippen molar-refractivity contribution in [3.05, 3.63) is 53.7 Å². The normalized spacial score (nSPS) is 18.6. The summed E-state index contributed by atoms with van der Waals surface area (Å²) in [5.74, 6) is -2.76. The molecule has 0 spiro atoms. The number of alkyl halides is 3. The van der Waals surface area contributed by atoms with Crippen LogP contribution >= 0.6 is 0 Å². The van der Waals surface area contributed by atoms with E-state index >= 15 is 0 Å². The van der Waals surface area contributed by atoms with Gasteiger partial charge in [-0.05, 0) is 24.6 Å². The molecule has 0 N–H and O–H groups in total. The molecule has 1 aromatic heterocycles. The number of ether oxygens (including phenoxy) is 1. The molecule has 1 aliphatic rings. The first kappa shape index (κ1) is 19.5. The zero-order chi connectivity index (χ0) is 19.8. The number of benzene rings is 1. The molecule has 0 saturated carbocycles.